The van der Waals surface area contributed by atoms with E-state index in [-0.39, 0.29) is 17.9 Å². The topological polar surface area (TPSA) is 83.8 Å². The Hall–Kier alpha value is -2.63. The first-order valence-corrected chi connectivity index (χ1v) is 11.4. The molecule has 3 aromatic rings. The average molecular weight is 437 g/mol. The minimum Gasteiger partial charge on any atom is -0.346 e. The molecule has 1 aliphatic carbocycles. The highest BCUT2D eigenvalue weighted by molar-refractivity contribution is 6.30. The van der Waals surface area contributed by atoms with Gasteiger partial charge in [0.1, 0.15) is 5.82 Å². The number of H-pyrrole nitrogens is 1. The number of rotatable bonds is 7. The van der Waals surface area contributed by atoms with Crippen molar-refractivity contribution in [3.8, 4) is 11.3 Å². The third-order valence-corrected chi connectivity index (χ3v) is 6.43. The van der Waals surface area contributed by atoms with Crippen molar-refractivity contribution in [2.24, 2.45) is 17.6 Å². The van der Waals surface area contributed by atoms with Crippen molar-refractivity contribution >= 4 is 17.5 Å². The minimum atomic E-state index is -0.254. The number of hydrogen-bond acceptors (Lipinski definition) is 3. The van der Waals surface area contributed by atoms with Crippen molar-refractivity contribution in [3.63, 3.8) is 0 Å². The van der Waals surface area contributed by atoms with Crippen LogP contribution in [0.4, 0.5) is 0 Å². The van der Waals surface area contributed by atoms with Crippen LogP contribution >= 0.6 is 11.6 Å². The number of carbonyl (C=O) groups is 1. The Morgan fingerprint density at radius 1 is 1.13 bits per heavy atom. The number of aromatic nitrogens is 2. The van der Waals surface area contributed by atoms with Crippen LogP contribution in [0.15, 0.2) is 60.8 Å². The van der Waals surface area contributed by atoms with Gasteiger partial charge in [0.25, 0.3) is 0 Å². The Bertz CT molecular complexity index is 996. The van der Waals surface area contributed by atoms with Crippen LogP contribution in [0.1, 0.15) is 43.1 Å². The zero-order valence-corrected chi connectivity index (χ0v) is 18.3. The summed E-state index contributed by atoms with van der Waals surface area (Å²) in [6.45, 7) is 0.709. The predicted molar refractivity (Wildman–Crippen MR) is 125 cm³/mol. The first kappa shape index (κ1) is 21.6. The smallest absolute Gasteiger partial charge is 0.223 e. The second kappa shape index (κ2) is 10.1. The fraction of sp³-hybridized carbons (Fsp3) is 0.360. The van der Waals surface area contributed by atoms with E-state index in [0.717, 1.165) is 48.3 Å². The van der Waals surface area contributed by atoms with Crippen LogP contribution in [-0.4, -0.2) is 22.4 Å². The molecular formula is C25H29ClN4O. The van der Waals surface area contributed by atoms with E-state index in [1.165, 1.54) is 0 Å². The van der Waals surface area contributed by atoms with Gasteiger partial charge in [-0.25, -0.2) is 4.98 Å². The third-order valence-electron chi connectivity index (χ3n) is 6.19. The number of nitrogens with zero attached hydrogens (tertiary/aromatic N) is 1. The number of carbonyl (C=O) groups excluding carboxylic acids is 1. The van der Waals surface area contributed by atoms with E-state index in [2.05, 4.69) is 10.3 Å². The zero-order chi connectivity index (χ0) is 21.6. The van der Waals surface area contributed by atoms with Gasteiger partial charge < -0.3 is 16.0 Å². The summed E-state index contributed by atoms with van der Waals surface area (Å²) >= 11 is 6.19. The average Bonchev–Trinajstić information content (AvgIpc) is 3.30. The lowest BCUT2D eigenvalue weighted by molar-refractivity contribution is -0.127. The molecule has 1 aromatic heterocycles. The molecular weight excluding hydrogens is 408 g/mol. The lowest BCUT2D eigenvalue weighted by Gasteiger charge is -2.28. The van der Waals surface area contributed by atoms with Crippen LogP contribution in [0.25, 0.3) is 11.3 Å². The molecule has 0 bridgehead atoms. The number of halogens is 1. The molecule has 0 aliphatic heterocycles. The molecule has 4 N–H and O–H groups in total. The van der Waals surface area contributed by atoms with Gasteiger partial charge in [0.05, 0.1) is 11.7 Å². The maximum Gasteiger partial charge on any atom is 0.223 e. The van der Waals surface area contributed by atoms with Crippen molar-refractivity contribution in [2.45, 2.75) is 38.1 Å². The van der Waals surface area contributed by atoms with Gasteiger partial charge in [0.2, 0.25) is 5.91 Å². The van der Waals surface area contributed by atoms with Gasteiger partial charge in [0.15, 0.2) is 0 Å². The van der Waals surface area contributed by atoms with E-state index in [4.69, 9.17) is 22.3 Å². The summed E-state index contributed by atoms with van der Waals surface area (Å²) < 4.78 is 0. The Morgan fingerprint density at radius 2 is 1.90 bits per heavy atom. The number of nitrogens with one attached hydrogen (secondary N) is 2. The van der Waals surface area contributed by atoms with Gasteiger partial charge in [-0.2, -0.15) is 0 Å². The molecule has 0 radical (unpaired) electrons. The summed E-state index contributed by atoms with van der Waals surface area (Å²) in [6.07, 6.45) is 6.34. The van der Waals surface area contributed by atoms with Gasteiger partial charge in [-0.05, 0) is 62.3 Å². The number of imidazole rings is 1. The van der Waals surface area contributed by atoms with Crippen LogP contribution in [0.5, 0.6) is 0 Å². The molecule has 5 nitrogen and oxygen atoms in total. The van der Waals surface area contributed by atoms with E-state index in [9.17, 15) is 4.79 Å². The van der Waals surface area contributed by atoms with Crippen LogP contribution < -0.4 is 11.1 Å². The molecule has 1 fully saturated rings. The summed E-state index contributed by atoms with van der Waals surface area (Å²) in [5, 5.41) is 3.95. The van der Waals surface area contributed by atoms with Crippen molar-refractivity contribution < 1.29 is 4.79 Å². The number of amides is 1. The highest BCUT2D eigenvalue weighted by Crippen LogP contribution is 2.29. The molecule has 1 unspecified atom stereocenters. The zero-order valence-electron chi connectivity index (χ0n) is 17.6. The molecule has 0 spiro atoms. The summed E-state index contributed by atoms with van der Waals surface area (Å²) in [4.78, 5) is 21.2. The SMILES string of the molecule is NCC1CCC(C(=O)NC(Cc2cccc(Cl)c2)c2nc(-c3ccccc3)c[nH]2)CC1. The van der Waals surface area contributed by atoms with E-state index in [1.54, 1.807) is 0 Å². The summed E-state index contributed by atoms with van der Waals surface area (Å²) in [7, 11) is 0. The number of benzene rings is 2. The third kappa shape index (κ3) is 5.54. The number of nitrogens with two attached hydrogens (primary N) is 1. The Kier molecular flexibility index (Phi) is 7.05. The maximum absolute atomic E-state index is 13.1. The molecule has 1 amide bonds. The molecule has 0 saturated heterocycles. The highest BCUT2D eigenvalue weighted by Gasteiger charge is 2.28. The Morgan fingerprint density at radius 3 is 2.61 bits per heavy atom. The van der Waals surface area contributed by atoms with Gasteiger partial charge in [-0.15, -0.1) is 0 Å². The molecule has 162 valence electrons. The van der Waals surface area contributed by atoms with E-state index < -0.39 is 0 Å². The summed E-state index contributed by atoms with van der Waals surface area (Å²) in [5.41, 5.74) is 8.77. The van der Waals surface area contributed by atoms with E-state index in [0.29, 0.717) is 23.9 Å². The van der Waals surface area contributed by atoms with Gasteiger partial charge >= 0.3 is 0 Å². The van der Waals surface area contributed by atoms with Crippen molar-refractivity contribution in [1.82, 2.24) is 15.3 Å². The molecule has 31 heavy (non-hydrogen) atoms. The fourth-order valence-electron chi connectivity index (χ4n) is 4.34. The highest BCUT2D eigenvalue weighted by atomic mass is 35.5. The first-order valence-electron chi connectivity index (χ1n) is 11.0. The largest absolute Gasteiger partial charge is 0.346 e. The van der Waals surface area contributed by atoms with Crippen molar-refractivity contribution in [3.05, 3.63) is 77.2 Å². The van der Waals surface area contributed by atoms with Crippen molar-refractivity contribution in [1.29, 1.82) is 0 Å². The monoisotopic (exact) mass is 436 g/mol. The maximum atomic E-state index is 13.1. The molecule has 6 heteroatoms. The molecule has 4 rings (SSSR count). The molecule has 1 saturated carbocycles. The molecule has 1 aliphatic rings. The van der Waals surface area contributed by atoms with Gasteiger partial charge in [-0.3, -0.25) is 4.79 Å². The number of aromatic amines is 1. The van der Waals surface area contributed by atoms with E-state index in [1.807, 2.05) is 60.8 Å². The normalized spacial score (nSPS) is 19.7. The van der Waals surface area contributed by atoms with E-state index >= 15 is 0 Å². The minimum absolute atomic E-state index is 0.0354. The van der Waals surface area contributed by atoms with Gasteiger partial charge in [-0.1, -0.05) is 54.1 Å². The second-order valence-corrected chi connectivity index (χ2v) is 8.82. The van der Waals surface area contributed by atoms with Gasteiger partial charge in [0, 0.05) is 22.7 Å². The molecule has 1 atom stereocenters. The standard InChI is InChI=1S/C25H29ClN4O/c26-21-8-4-5-18(13-21)14-22(30-25(31)20-11-9-17(15-27)10-12-20)24-28-16-23(29-24)19-6-2-1-3-7-19/h1-8,13,16-17,20,22H,9-12,14-15,27H2,(H,28,29)(H,30,31). The lowest BCUT2D eigenvalue weighted by Crippen LogP contribution is -2.37. The number of hydrogen-bond donors (Lipinski definition) is 3. The van der Waals surface area contributed by atoms with Crippen LogP contribution in [0, 0.1) is 11.8 Å². The van der Waals surface area contributed by atoms with Crippen LogP contribution in [-0.2, 0) is 11.2 Å². The fourth-order valence-corrected chi connectivity index (χ4v) is 4.55. The Balaban J connectivity index is 1.53. The van der Waals surface area contributed by atoms with Crippen molar-refractivity contribution in [2.75, 3.05) is 6.54 Å². The summed E-state index contributed by atoms with van der Waals surface area (Å²) in [6, 6.07) is 17.5. The summed E-state index contributed by atoms with van der Waals surface area (Å²) in [5.74, 6) is 1.43. The first-order chi connectivity index (χ1) is 15.1. The molecule has 1 heterocycles. The predicted octanol–water partition coefficient (Wildman–Crippen LogP) is 4.90. The Labute approximate surface area is 188 Å². The lowest BCUT2D eigenvalue weighted by atomic mass is 9.81. The second-order valence-electron chi connectivity index (χ2n) is 8.39. The molecule has 2 aromatic carbocycles. The van der Waals surface area contributed by atoms with Crippen LogP contribution in [0.3, 0.4) is 0 Å². The quantitative estimate of drug-likeness (QED) is 0.492. The van der Waals surface area contributed by atoms with Crippen LogP contribution in [0.2, 0.25) is 5.02 Å².